The fraction of sp³-hybridized carbons (Fsp3) is 0.400. The lowest BCUT2D eigenvalue weighted by Gasteiger charge is -2.11. The quantitative estimate of drug-likeness (QED) is 0.582. The number of ketones is 1. The molecule has 0 aliphatic carbocycles. The molecule has 0 fully saturated rings. The van der Waals surface area contributed by atoms with Gasteiger partial charge >= 0.3 is 0 Å². The summed E-state index contributed by atoms with van der Waals surface area (Å²) in [6.45, 7) is 17.0. The summed E-state index contributed by atoms with van der Waals surface area (Å²) in [4.78, 5) is 11.9. The molecular formula is C15H25NO. The molecule has 0 aromatic rings. The largest absolute Gasteiger partial charge is 0.398 e. The van der Waals surface area contributed by atoms with E-state index in [9.17, 15) is 4.79 Å². The minimum atomic E-state index is -0.111. The maximum Gasteiger partial charge on any atom is 0.190 e. The van der Waals surface area contributed by atoms with E-state index in [1.807, 2.05) is 27.7 Å². The minimum absolute atomic E-state index is 0.111. The van der Waals surface area contributed by atoms with Gasteiger partial charge in [-0.05, 0) is 24.5 Å². The summed E-state index contributed by atoms with van der Waals surface area (Å²) < 4.78 is 0. The van der Waals surface area contributed by atoms with Crippen LogP contribution in [0.1, 0.15) is 34.6 Å². The predicted molar refractivity (Wildman–Crippen MR) is 76.6 cm³/mol. The summed E-state index contributed by atoms with van der Waals surface area (Å²) in [5.74, 6) is 0.0101. The van der Waals surface area contributed by atoms with Crippen LogP contribution in [-0.4, -0.2) is 5.78 Å². The second kappa shape index (κ2) is 9.64. The lowest BCUT2D eigenvalue weighted by molar-refractivity contribution is -0.112. The monoisotopic (exact) mass is 235 g/mol. The zero-order valence-corrected chi connectivity index (χ0v) is 11.7. The Kier molecular flexibility index (Phi) is 10.1. The smallest absolute Gasteiger partial charge is 0.190 e. The lowest BCUT2D eigenvalue weighted by atomic mass is 9.94. The van der Waals surface area contributed by atoms with Gasteiger partial charge in [0.15, 0.2) is 5.78 Å². The van der Waals surface area contributed by atoms with E-state index in [4.69, 9.17) is 5.73 Å². The predicted octanol–water partition coefficient (Wildman–Crippen LogP) is 3.77. The fourth-order valence-corrected chi connectivity index (χ4v) is 1.01. The van der Waals surface area contributed by atoms with Gasteiger partial charge in [0, 0.05) is 11.3 Å². The highest BCUT2D eigenvalue weighted by Crippen LogP contribution is 2.16. The van der Waals surface area contributed by atoms with Crippen LogP contribution < -0.4 is 5.73 Å². The average molecular weight is 235 g/mol. The lowest BCUT2D eigenvalue weighted by Crippen LogP contribution is -2.15. The Morgan fingerprint density at radius 3 is 2.06 bits per heavy atom. The number of Topliss-reactive ketones (excluding diaryl/α,β-unsaturated/α-hetero) is 1. The van der Waals surface area contributed by atoms with E-state index >= 15 is 0 Å². The Hall–Kier alpha value is -1.57. The molecule has 0 aliphatic rings. The van der Waals surface area contributed by atoms with Gasteiger partial charge in [-0.3, -0.25) is 4.79 Å². The highest BCUT2D eigenvalue weighted by atomic mass is 16.1. The van der Waals surface area contributed by atoms with Gasteiger partial charge in [0.2, 0.25) is 0 Å². The van der Waals surface area contributed by atoms with Crippen LogP contribution in [0.15, 0.2) is 48.2 Å². The van der Waals surface area contributed by atoms with Gasteiger partial charge in [0.25, 0.3) is 0 Å². The normalized spacial score (nSPS) is 11.6. The second-order valence-corrected chi connectivity index (χ2v) is 3.57. The van der Waals surface area contributed by atoms with E-state index in [-0.39, 0.29) is 11.7 Å². The van der Waals surface area contributed by atoms with E-state index in [1.165, 1.54) is 0 Å². The number of hydrogen-bond donors (Lipinski definition) is 1. The van der Waals surface area contributed by atoms with Gasteiger partial charge in [-0.1, -0.05) is 53.0 Å². The van der Waals surface area contributed by atoms with Crippen molar-refractivity contribution in [3.8, 4) is 0 Å². The summed E-state index contributed by atoms with van der Waals surface area (Å²) >= 11 is 0. The summed E-state index contributed by atoms with van der Waals surface area (Å²) in [6, 6.07) is 0. The molecule has 0 aliphatic heterocycles. The molecule has 0 aromatic heterocycles. The SMILES string of the molecule is C=C/C=C(C(=O)C(=C)C(C)C)\C(N)=C/C.CC. The van der Waals surface area contributed by atoms with Crippen LogP contribution >= 0.6 is 0 Å². The van der Waals surface area contributed by atoms with Gasteiger partial charge in [-0.15, -0.1) is 0 Å². The molecule has 0 unspecified atom stereocenters. The van der Waals surface area contributed by atoms with Crippen LogP contribution in [-0.2, 0) is 4.79 Å². The first-order valence-corrected chi connectivity index (χ1v) is 5.94. The van der Waals surface area contributed by atoms with Crippen molar-refractivity contribution >= 4 is 5.78 Å². The standard InChI is InChI=1S/C13H19NO.C2H6/c1-6-8-11(12(14)7-2)13(15)10(5)9(3)4;1-2/h6-9H,1,5,14H2,2-4H3;1-2H3/b11-8+,12-7+;. The van der Waals surface area contributed by atoms with Crippen LogP contribution in [0.4, 0.5) is 0 Å². The molecule has 0 rings (SSSR count). The van der Waals surface area contributed by atoms with E-state index < -0.39 is 0 Å². The van der Waals surface area contributed by atoms with Gasteiger partial charge in [0.05, 0.1) is 0 Å². The Balaban J connectivity index is 0. The molecule has 96 valence electrons. The highest BCUT2D eigenvalue weighted by molar-refractivity contribution is 6.10. The third-order valence-electron chi connectivity index (χ3n) is 2.14. The number of rotatable bonds is 5. The first kappa shape index (κ1) is 17.8. The van der Waals surface area contributed by atoms with Crippen molar-refractivity contribution < 1.29 is 4.79 Å². The summed E-state index contributed by atoms with van der Waals surface area (Å²) in [7, 11) is 0. The van der Waals surface area contributed by atoms with Crippen LogP contribution in [0.5, 0.6) is 0 Å². The minimum Gasteiger partial charge on any atom is -0.398 e. The third kappa shape index (κ3) is 5.91. The van der Waals surface area contributed by atoms with Crippen molar-refractivity contribution in [1.82, 2.24) is 0 Å². The molecule has 0 saturated heterocycles. The molecule has 0 atom stereocenters. The van der Waals surface area contributed by atoms with Crippen molar-refractivity contribution in [2.75, 3.05) is 0 Å². The molecule has 0 amide bonds. The Morgan fingerprint density at radius 2 is 1.76 bits per heavy atom. The fourth-order valence-electron chi connectivity index (χ4n) is 1.01. The number of carbonyl (C=O) groups excluding carboxylic acids is 1. The summed E-state index contributed by atoms with van der Waals surface area (Å²) in [5, 5.41) is 0. The second-order valence-electron chi connectivity index (χ2n) is 3.57. The van der Waals surface area contributed by atoms with Crippen LogP contribution in [0.3, 0.4) is 0 Å². The van der Waals surface area contributed by atoms with Gasteiger partial charge in [-0.25, -0.2) is 0 Å². The van der Waals surface area contributed by atoms with Crippen molar-refractivity contribution in [1.29, 1.82) is 0 Å². The van der Waals surface area contributed by atoms with Crippen LogP contribution in [0, 0.1) is 5.92 Å². The highest BCUT2D eigenvalue weighted by Gasteiger charge is 2.16. The summed E-state index contributed by atoms with van der Waals surface area (Å²) in [6.07, 6.45) is 4.86. The molecule has 2 nitrogen and oxygen atoms in total. The van der Waals surface area contributed by atoms with Crippen molar-refractivity contribution in [2.24, 2.45) is 11.7 Å². The van der Waals surface area contributed by atoms with Crippen molar-refractivity contribution in [3.63, 3.8) is 0 Å². The Bertz CT molecular complexity index is 333. The number of hydrogen-bond acceptors (Lipinski definition) is 2. The molecule has 2 N–H and O–H groups in total. The van der Waals surface area contributed by atoms with E-state index in [1.54, 1.807) is 25.2 Å². The average Bonchev–Trinajstić information content (AvgIpc) is 2.35. The maximum atomic E-state index is 11.9. The van der Waals surface area contributed by atoms with Gasteiger partial charge < -0.3 is 5.73 Å². The molecule has 0 spiro atoms. The molecule has 0 heterocycles. The van der Waals surface area contributed by atoms with Crippen molar-refractivity contribution in [3.05, 3.63) is 48.2 Å². The molecule has 17 heavy (non-hydrogen) atoms. The number of allylic oxidation sites excluding steroid dienone is 5. The maximum absolute atomic E-state index is 11.9. The van der Waals surface area contributed by atoms with E-state index in [2.05, 4.69) is 13.2 Å². The number of nitrogens with two attached hydrogens (primary N) is 1. The molecule has 0 aromatic carbocycles. The number of carbonyl (C=O) groups is 1. The van der Waals surface area contributed by atoms with Gasteiger partial charge in [0.1, 0.15) is 0 Å². The van der Waals surface area contributed by atoms with E-state index in [0.717, 1.165) is 0 Å². The molecule has 0 saturated carbocycles. The van der Waals surface area contributed by atoms with E-state index in [0.29, 0.717) is 16.8 Å². The van der Waals surface area contributed by atoms with Crippen LogP contribution in [0.25, 0.3) is 0 Å². The molecule has 0 radical (unpaired) electrons. The first-order valence-electron chi connectivity index (χ1n) is 5.94. The molecule has 0 bridgehead atoms. The molecular weight excluding hydrogens is 210 g/mol. The first-order chi connectivity index (χ1) is 7.95. The van der Waals surface area contributed by atoms with Crippen LogP contribution in [0.2, 0.25) is 0 Å². The summed E-state index contributed by atoms with van der Waals surface area (Å²) in [5.41, 5.74) is 7.21. The Labute approximate surface area is 106 Å². The molecule has 2 heteroatoms. The topological polar surface area (TPSA) is 43.1 Å². The Morgan fingerprint density at radius 1 is 1.29 bits per heavy atom. The van der Waals surface area contributed by atoms with Gasteiger partial charge in [-0.2, -0.15) is 0 Å². The van der Waals surface area contributed by atoms with Crippen molar-refractivity contribution in [2.45, 2.75) is 34.6 Å². The zero-order valence-electron chi connectivity index (χ0n) is 11.7. The third-order valence-corrected chi connectivity index (χ3v) is 2.14. The zero-order chi connectivity index (χ0) is 14.0.